The van der Waals surface area contributed by atoms with E-state index >= 15 is 0 Å². The van der Waals surface area contributed by atoms with Crippen molar-refractivity contribution < 1.29 is 8.42 Å². The minimum atomic E-state index is -2.92. The van der Waals surface area contributed by atoms with Gasteiger partial charge in [-0.3, -0.25) is 9.88 Å². The van der Waals surface area contributed by atoms with Crippen LogP contribution in [0.5, 0.6) is 0 Å². The van der Waals surface area contributed by atoms with E-state index in [4.69, 9.17) is 0 Å². The quantitative estimate of drug-likeness (QED) is 0.868. The Balaban J connectivity index is 1.74. The van der Waals surface area contributed by atoms with Gasteiger partial charge in [-0.15, -0.1) is 0 Å². The molecule has 1 atom stereocenters. The lowest BCUT2D eigenvalue weighted by Gasteiger charge is -2.19. The van der Waals surface area contributed by atoms with Gasteiger partial charge in [0.25, 0.3) is 0 Å². The van der Waals surface area contributed by atoms with Crippen LogP contribution in [0.3, 0.4) is 0 Å². The van der Waals surface area contributed by atoms with Gasteiger partial charge in [-0.25, -0.2) is 8.42 Å². The van der Waals surface area contributed by atoms with Crippen LogP contribution in [0.1, 0.15) is 18.9 Å². The van der Waals surface area contributed by atoms with E-state index in [1.807, 2.05) is 25.3 Å². The van der Waals surface area contributed by atoms with E-state index < -0.39 is 9.84 Å². The first-order valence-electron chi connectivity index (χ1n) is 7.98. The van der Waals surface area contributed by atoms with Crippen LogP contribution >= 0.6 is 0 Å². The molecule has 5 heteroatoms. The van der Waals surface area contributed by atoms with E-state index in [1.165, 1.54) is 5.56 Å². The second kappa shape index (κ2) is 6.81. The van der Waals surface area contributed by atoms with Gasteiger partial charge >= 0.3 is 0 Å². The van der Waals surface area contributed by atoms with E-state index in [-0.39, 0.29) is 11.0 Å². The van der Waals surface area contributed by atoms with Crippen molar-refractivity contribution >= 4 is 9.84 Å². The van der Waals surface area contributed by atoms with Crippen molar-refractivity contribution in [3.63, 3.8) is 0 Å². The summed E-state index contributed by atoms with van der Waals surface area (Å²) in [5, 5.41) is -0.228. The molecule has 1 aromatic carbocycles. The molecule has 1 aliphatic heterocycles. The van der Waals surface area contributed by atoms with Crippen molar-refractivity contribution in [2.45, 2.75) is 25.1 Å². The summed E-state index contributed by atoms with van der Waals surface area (Å²) in [6.07, 6.45) is 4.34. The standard InChI is InChI=1S/C18H22N2O2S/c1-15-7-9-20(10-11-23(15,21)22)14-16-4-2-5-17(12-16)18-6-3-8-19-13-18/h2-6,8,12-13,15H,7,9-11,14H2,1H3. The van der Waals surface area contributed by atoms with Gasteiger partial charge in [-0.05, 0) is 48.7 Å². The monoisotopic (exact) mass is 330 g/mol. The topological polar surface area (TPSA) is 50.3 Å². The van der Waals surface area contributed by atoms with Gasteiger partial charge in [0, 0.05) is 25.5 Å². The summed E-state index contributed by atoms with van der Waals surface area (Å²) in [5.41, 5.74) is 3.45. The number of sulfone groups is 1. The number of hydrogen-bond donors (Lipinski definition) is 0. The molecular formula is C18H22N2O2S. The molecule has 122 valence electrons. The summed E-state index contributed by atoms with van der Waals surface area (Å²) >= 11 is 0. The molecular weight excluding hydrogens is 308 g/mol. The zero-order valence-electron chi connectivity index (χ0n) is 13.4. The minimum Gasteiger partial charge on any atom is -0.298 e. The van der Waals surface area contributed by atoms with Crippen LogP contribution in [0.2, 0.25) is 0 Å². The van der Waals surface area contributed by atoms with Crippen LogP contribution in [0.15, 0.2) is 48.8 Å². The number of nitrogens with zero attached hydrogens (tertiary/aromatic N) is 2. The first kappa shape index (κ1) is 16.1. The molecule has 0 radical (unpaired) electrons. The van der Waals surface area contributed by atoms with E-state index in [1.54, 1.807) is 6.20 Å². The average Bonchev–Trinajstić information content (AvgIpc) is 2.69. The Kier molecular flexibility index (Phi) is 4.78. The fourth-order valence-corrected chi connectivity index (χ4v) is 4.29. The number of aromatic nitrogens is 1. The predicted molar refractivity (Wildman–Crippen MR) is 92.8 cm³/mol. The lowest BCUT2D eigenvalue weighted by atomic mass is 10.0. The molecule has 3 rings (SSSR count). The normalized spacial score (nSPS) is 21.7. The van der Waals surface area contributed by atoms with E-state index in [9.17, 15) is 8.42 Å². The second-order valence-electron chi connectivity index (χ2n) is 6.18. The average molecular weight is 330 g/mol. The summed E-state index contributed by atoms with van der Waals surface area (Å²) in [7, 11) is -2.92. The van der Waals surface area contributed by atoms with Crippen LogP contribution in [-0.4, -0.2) is 42.4 Å². The van der Waals surface area contributed by atoms with Gasteiger partial charge in [0.2, 0.25) is 0 Å². The van der Waals surface area contributed by atoms with Gasteiger partial charge in [0.1, 0.15) is 0 Å². The molecule has 0 aliphatic carbocycles. The largest absolute Gasteiger partial charge is 0.298 e. The molecule has 4 nitrogen and oxygen atoms in total. The Morgan fingerprint density at radius 1 is 1.17 bits per heavy atom. The summed E-state index contributed by atoms with van der Waals surface area (Å²) in [6, 6.07) is 12.4. The van der Waals surface area contributed by atoms with Crippen LogP contribution in [0.25, 0.3) is 11.1 Å². The second-order valence-corrected chi connectivity index (χ2v) is 8.72. The Bertz CT molecular complexity index is 760. The van der Waals surface area contributed by atoms with Crippen molar-refractivity contribution in [1.82, 2.24) is 9.88 Å². The number of pyridine rings is 1. The molecule has 1 unspecified atom stereocenters. The zero-order valence-corrected chi connectivity index (χ0v) is 14.2. The summed E-state index contributed by atoms with van der Waals surface area (Å²) < 4.78 is 24.0. The fraction of sp³-hybridized carbons (Fsp3) is 0.389. The molecule has 0 amide bonds. The maximum atomic E-state index is 12.0. The van der Waals surface area contributed by atoms with Crippen LogP contribution < -0.4 is 0 Å². The van der Waals surface area contributed by atoms with Crippen molar-refractivity contribution in [2.24, 2.45) is 0 Å². The van der Waals surface area contributed by atoms with Gasteiger partial charge < -0.3 is 0 Å². The third-order valence-corrected chi connectivity index (χ3v) is 6.70. The van der Waals surface area contributed by atoms with Crippen molar-refractivity contribution in [2.75, 3.05) is 18.8 Å². The number of benzene rings is 1. The minimum absolute atomic E-state index is 0.228. The Hall–Kier alpha value is -1.72. The highest BCUT2D eigenvalue weighted by Crippen LogP contribution is 2.21. The summed E-state index contributed by atoms with van der Waals surface area (Å²) in [5.74, 6) is 0.260. The molecule has 23 heavy (non-hydrogen) atoms. The lowest BCUT2D eigenvalue weighted by Crippen LogP contribution is -2.26. The van der Waals surface area contributed by atoms with Crippen LogP contribution in [0, 0.1) is 0 Å². The highest BCUT2D eigenvalue weighted by atomic mass is 32.2. The summed E-state index contributed by atoms with van der Waals surface area (Å²) in [6.45, 7) is 4.06. The highest BCUT2D eigenvalue weighted by Gasteiger charge is 2.26. The molecule has 1 aliphatic rings. The molecule has 1 fully saturated rings. The lowest BCUT2D eigenvalue weighted by molar-refractivity contribution is 0.283. The smallest absolute Gasteiger partial charge is 0.154 e. The van der Waals surface area contributed by atoms with Crippen molar-refractivity contribution in [3.05, 3.63) is 54.4 Å². The Morgan fingerprint density at radius 3 is 2.78 bits per heavy atom. The van der Waals surface area contributed by atoms with Crippen molar-refractivity contribution in [1.29, 1.82) is 0 Å². The molecule has 0 N–H and O–H groups in total. The Morgan fingerprint density at radius 2 is 2.00 bits per heavy atom. The van der Waals surface area contributed by atoms with Crippen LogP contribution in [-0.2, 0) is 16.4 Å². The molecule has 1 saturated heterocycles. The SMILES string of the molecule is CC1CCN(Cc2cccc(-c3cccnc3)c2)CCS1(=O)=O. The van der Waals surface area contributed by atoms with Crippen LogP contribution in [0.4, 0.5) is 0 Å². The zero-order chi connectivity index (χ0) is 16.3. The number of hydrogen-bond acceptors (Lipinski definition) is 4. The van der Waals surface area contributed by atoms with Gasteiger partial charge in [-0.2, -0.15) is 0 Å². The highest BCUT2D eigenvalue weighted by molar-refractivity contribution is 7.92. The first-order valence-corrected chi connectivity index (χ1v) is 9.69. The summed E-state index contributed by atoms with van der Waals surface area (Å²) in [4.78, 5) is 6.41. The van der Waals surface area contributed by atoms with E-state index in [2.05, 4.69) is 34.1 Å². The fourth-order valence-electron chi connectivity index (χ4n) is 2.91. The molecule has 0 saturated carbocycles. The third-order valence-electron chi connectivity index (χ3n) is 4.48. The maximum Gasteiger partial charge on any atom is 0.154 e. The molecule has 2 heterocycles. The van der Waals surface area contributed by atoms with Gasteiger partial charge in [-0.1, -0.05) is 24.3 Å². The number of rotatable bonds is 3. The molecule has 0 spiro atoms. The van der Waals surface area contributed by atoms with Crippen molar-refractivity contribution in [3.8, 4) is 11.1 Å². The van der Waals surface area contributed by atoms with Gasteiger partial charge in [0.05, 0.1) is 11.0 Å². The molecule has 0 bridgehead atoms. The van der Waals surface area contributed by atoms with E-state index in [0.29, 0.717) is 13.0 Å². The van der Waals surface area contributed by atoms with E-state index in [0.717, 1.165) is 24.2 Å². The van der Waals surface area contributed by atoms with Gasteiger partial charge in [0.15, 0.2) is 9.84 Å². The first-order chi connectivity index (χ1) is 11.0. The third kappa shape index (κ3) is 3.98. The molecule has 2 aromatic rings. The Labute approximate surface area is 138 Å². The predicted octanol–water partition coefficient (Wildman–Crippen LogP) is 2.76. The molecule has 1 aromatic heterocycles. The maximum absolute atomic E-state index is 12.0.